The zero-order chi connectivity index (χ0) is 16.4. The average Bonchev–Trinajstić information content (AvgIpc) is 3.12. The molecule has 1 aliphatic rings. The number of aromatic nitrogens is 3. The third-order valence-electron chi connectivity index (χ3n) is 3.93. The molecule has 0 spiro atoms. The van der Waals surface area contributed by atoms with Gasteiger partial charge in [-0.3, -0.25) is 9.89 Å². The van der Waals surface area contributed by atoms with Gasteiger partial charge >= 0.3 is 0 Å². The Labute approximate surface area is 143 Å². The molecule has 122 valence electrons. The molecule has 3 aromatic rings. The largest absolute Gasteiger partial charge is 0.380 e. The molecule has 24 heavy (non-hydrogen) atoms. The number of nitrogens with zero attached hydrogens (tertiary/aromatic N) is 2. The van der Waals surface area contributed by atoms with E-state index in [0.29, 0.717) is 12.4 Å². The lowest BCUT2D eigenvalue weighted by atomic mass is 10.2. The van der Waals surface area contributed by atoms with Crippen LogP contribution in [0.25, 0.3) is 10.6 Å². The number of hydrogen-bond donors (Lipinski definition) is 3. The number of thiophene rings is 1. The molecule has 3 N–H and O–H groups in total. The number of H-pyrrole nitrogens is 1. The van der Waals surface area contributed by atoms with Crippen LogP contribution >= 0.6 is 11.3 Å². The van der Waals surface area contributed by atoms with Crippen molar-refractivity contribution < 1.29 is 4.79 Å². The number of aromatic amines is 1. The highest BCUT2D eigenvalue weighted by Gasteiger charge is 2.29. The highest BCUT2D eigenvalue weighted by molar-refractivity contribution is 7.13. The van der Waals surface area contributed by atoms with E-state index in [1.54, 1.807) is 17.5 Å². The van der Waals surface area contributed by atoms with Gasteiger partial charge in [-0.15, -0.1) is 11.3 Å². The lowest BCUT2D eigenvalue weighted by Gasteiger charge is -2.08. The molecule has 3 heterocycles. The summed E-state index contributed by atoms with van der Waals surface area (Å²) in [5, 5.41) is 15.4. The van der Waals surface area contributed by atoms with Crippen LogP contribution in [-0.2, 0) is 11.3 Å². The Morgan fingerprint density at radius 3 is 2.92 bits per heavy atom. The van der Waals surface area contributed by atoms with E-state index in [-0.39, 0.29) is 11.8 Å². The molecule has 3 aromatic heterocycles. The molecular weight excluding hydrogens is 322 g/mol. The summed E-state index contributed by atoms with van der Waals surface area (Å²) < 4.78 is 0. The van der Waals surface area contributed by atoms with Crippen LogP contribution in [0.2, 0.25) is 0 Å². The summed E-state index contributed by atoms with van der Waals surface area (Å²) in [4.78, 5) is 17.2. The molecule has 0 radical (unpaired) electrons. The number of nitrogens with one attached hydrogen (secondary N) is 3. The molecule has 1 amide bonds. The monoisotopic (exact) mass is 339 g/mol. The van der Waals surface area contributed by atoms with Crippen molar-refractivity contribution in [3.8, 4) is 10.6 Å². The molecule has 0 atom stereocenters. The number of rotatable bonds is 6. The molecule has 0 unspecified atom stereocenters. The Balaban J connectivity index is 1.38. The molecule has 1 fully saturated rings. The van der Waals surface area contributed by atoms with Crippen LogP contribution in [0.15, 0.2) is 42.0 Å². The zero-order valence-corrected chi connectivity index (χ0v) is 13.8. The summed E-state index contributed by atoms with van der Waals surface area (Å²) in [6, 6.07) is 7.83. The minimum Gasteiger partial charge on any atom is -0.380 e. The van der Waals surface area contributed by atoms with Gasteiger partial charge in [0.25, 0.3) is 0 Å². The lowest BCUT2D eigenvalue weighted by Crippen LogP contribution is -2.14. The van der Waals surface area contributed by atoms with Crippen molar-refractivity contribution in [1.82, 2.24) is 15.2 Å². The molecule has 7 heteroatoms. The van der Waals surface area contributed by atoms with Crippen LogP contribution in [-0.4, -0.2) is 21.1 Å². The highest BCUT2D eigenvalue weighted by Crippen LogP contribution is 2.30. The molecular formula is C17H17N5OS. The van der Waals surface area contributed by atoms with E-state index in [1.165, 1.54) is 4.88 Å². The second kappa shape index (κ2) is 6.45. The third-order valence-corrected chi connectivity index (χ3v) is 4.82. The Kier molecular flexibility index (Phi) is 4.00. The number of amides is 1. The first-order chi connectivity index (χ1) is 11.8. The summed E-state index contributed by atoms with van der Waals surface area (Å²) in [6.07, 6.45) is 5.54. The normalized spacial score (nSPS) is 13.7. The van der Waals surface area contributed by atoms with E-state index in [2.05, 4.69) is 31.9 Å². The molecule has 1 saturated carbocycles. The van der Waals surface area contributed by atoms with Gasteiger partial charge in [-0.2, -0.15) is 5.10 Å². The smallest absolute Gasteiger partial charge is 0.228 e. The van der Waals surface area contributed by atoms with Crippen molar-refractivity contribution in [3.63, 3.8) is 0 Å². The number of hydrogen-bond acceptors (Lipinski definition) is 5. The van der Waals surface area contributed by atoms with E-state index in [9.17, 15) is 4.79 Å². The van der Waals surface area contributed by atoms with E-state index in [0.717, 1.165) is 29.8 Å². The summed E-state index contributed by atoms with van der Waals surface area (Å²) in [7, 11) is 0. The van der Waals surface area contributed by atoms with E-state index in [4.69, 9.17) is 0 Å². The third kappa shape index (κ3) is 3.30. The van der Waals surface area contributed by atoms with Gasteiger partial charge in [0.1, 0.15) is 5.82 Å². The minimum atomic E-state index is 0.0715. The van der Waals surface area contributed by atoms with Crippen LogP contribution in [0.1, 0.15) is 18.4 Å². The SMILES string of the molecule is O=C(Nc1ccc(NCc2cn[nH]c2-c2cccs2)cn1)C1CC1. The predicted molar refractivity (Wildman–Crippen MR) is 94.8 cm³/mol. The van der Waals surface area contributed by atoms with Crippen molar-refractivity contribution in [2.75, 3.05) is 10.6 Å². The van der Waals surface area contributed by atoms with Crippen LogP contribution in [0, 0.1) is 5.92 Å². The quantitative estimate of drug-likeness (QED) is 0.642. The molecule has 0 bridgehead atoms. The van der Waals surface area contributed by atoms with Gasteiger partial charge in [-0.1, -0.05) is 6.07 Å². The Morgan fingerprint density at radius 2 is 2.21 bits per heavy atom. The summed E-state index contributed by atoms with van der Waals surface area (Å²) in [6.45, 7) is 0.652. The topological polar surface area (TPSA) is 82.7 Å². The summed E-state index contributed by atoms with van der Waals surface area (Å²) in [5.41, 5.74) is 3.04. The van der Waals surface area contributed by atoms with Crippen molar-refractivity contribution >= 4 is 28.7 Å². The van der Waals surface area contributed by atoms with Crippen molar-refractivity contribution in [2.24, 2.45) is 5.92 Å². The number of pyridine rings is 1. The minimum absolute atomic E-state index is 0.0715. The maximum absolute atomic E-state index is 11.7. The van der Waals surface area contributed by atoms with Crippen molar-refractivity contribution in [3.05, 3.63) is 47.6 Å². The van der Waals surface area contributed by atoms with Crippen LogP contribution < -0.4 is 10.6 Å². The molecule has 6 nitrogen and oxygen atoms in total. The molecule has 4 rings (SSSR count). The molecule has 0 aliphatic heterocycles. The number of anilines is 2. The maximum atomic E-state index is 11.7. The molecule has 0 saturated heterocycles. The van der Waals surface area contributed by atoms with E-state index >= 15 is 0 Å². The Morgan fingerprint density at radius 1 is 1.29 bits per heavy atom. The van der Waals surface area contributed by atoms with Gasteiger partial charge in [0.2, 0.25) is 5.91 Å². The first kappa shape index (κ1) is 14.9. The fraction of sp³-hybridized carbons (Fsp3) is 0.235. The highest BCUT2D eigenvalue weighted by atomic mass is 32.1. The fourth-order valence-corrected chi connectivity index (χ4v) is 3.18. The number of carbonyl (C=O) groups excluding carboxylic acids is 1. The Hall–Kier alpha value is -2.67. The standard InChI is InChI=1S/C17H17N5OS/c23-17(11-3-4-11)21-15-6-5-13(10-19-15)18-8-12-9-20-22-16(12)14-2-1-7-24-14/h1-2,5-7,9-11,18H,3-4,8H2,(H,20,22)(H,19,21,23). The van der Waals surface area contributed by atoms with Gasteiger partial charge in [-0.25, -0.2) is 4.98 Å². The second-order valence-electron chi connectivity index (χ2n) is 5.80. The van der Waals surface area contributed by atoms with E-state index < -0.39 is 0 Å². The summed E-state index contributed by atoms with van der Waals surface area (Å²) in [5.74, 6) is 0.851. The maximum Gasteiger partial charge on any atom is 0.228 e. The molecule has 1 aliphatic carbocycles. The van der Waals surface area contributed by atoms with Crippen LogP contribution in [0.4, 0.5) is 11.5 Å². The van der Waals surface area contributed by atoms with Crippen molar-refractivity contribution in [1.29, 1.82) is 0 Å². The summed E-state index contributed by atoms with van der Waals surface area (Å²) >= 11 is 1.68. The first-order valence-corrected chi connectivity index (χ1v) is 8.74. The first-order valence-electron chi connectivity index (χ1n) is 7.86. The van der Waals surface area contributed by atoms with Gasteiger partial charge in [-0.05, 0) is 36.4 Å². The van der Waals surface area contributed by atoms with Gasteiger partial charge in [0.15, 0.2) is 0 Å². The number of carbonyl (C=O) groups is 1. The van der Waals surface area contributed by atoms with Crippen LogP contribution in [0.3, 0.4) is 0 Å². The second-order valence-corrected chi connectivity index (χ2v) is 6.74. The lowest BCUT2D eigenvalue weighted by molar-refractivity contribution is -0.117. The molecule has 0 aromatic carbocycles. The van der Waals surface area contributed by atoms with E-state index in [1.807, 2.05) is 29.8 Å². The van der Waals surface area contributed by atoms with Gasteiger partial charge < -0.3 is 10.6 Å². The van der Waals surface area contributed by atoms with Gasteiger partial charge in [0.05, 0.1) is 28.7 Å². The van der Waals surface area contributed by atoms with Crippen LogP contribution in [0.5, 0.6) is 0 Å². The average molecular weight is 339 g/mol. The zero-order valence-electron chi connectivity index (χ0n) is 13.0. The van der Waals surface area contributed by atoms with Crippen molar-refractivity contribution in [2.45, 2.75) is 19.4 Å². The Bertz CT molecular complexity index is 821. The fourth-order valence-electron chi connectivity index (χ4n) is 2.42. The predicted octanol–water partition coefficient (Wildman–Crippen LogP) is 3.49. The van der Waals surface area contributed by atoms with Gasteiger partial charge in [0, 0.05) is 18.0 Å².